The molecule has 0 N–H and O–H groups in total. The van der Waals surface area contributed by atoms with E-state index in [9.17, 15) is 0 Å². The monoisotopic (exact) mass is 658 g/mol. The molecule has 6 nitrogen and oxygen atoms in total. The van der Waals surface area contributed by atoms with Gasteiger partial charge >= 0.3 is 0 Å². The summed E-state index contributed by atoms with van der Waals surface area (Å²) in [7, 11) is 0. The van der Waals surface area contributed by atoms with E-state index in [-0.39, 0.29) is 23.2 Å². The van der Waals surface area contributed by atoms with Crippen molar-refractivity contribution >= 4 is 65.6 Å². The molecule has 0 radical (unpaired) electrons. The lowest BCUT2D eigenvalue weighted by molar-refractivity contribution is 0.669. The van der Waals surface area contributed by atoms with E-state index in [1.54, 1.807) is 0 Å². The highest BCUT2D eigenvalue weighted by molar-refractivity contribution is 6.28. The number of nitrogens with zero attached hydrogens (tertiary/aromatic N) is 5. The molecule has 0 atom stereocenters. The number of hydrogen-bond donors (Lipinski definition) is 0. The Kier molecular flexibility index (Phi) is 4.91. The van der Waals surface area contributed by atoms with E-state index in [0.29, 0.717) is 16.7 Å². The van der Waals surface area contributed by atoms with Gasteiger partial charge in [-0.3, -0.25) is 4.57 Å². The lowest BCUT2D eigenvalue weighted by Crippen LogP contribution is -2.06. The second kappa shape index (κ2) is 10.7. The van der Waals surface area contributed by atoms with Crippen LogP contribution in [0.4, 0.5) is 0 Å². The number of benzene rings is 7. The maximum atomic E-state index is 8.91. The summed E-state index contributed by atoms with van der Waals surface area (Å²) in [5.41, 5.74) is 6.73. The van der Waals surface area contributed by atoms with Gasteiger partial charge in [0.15, 0.2) is 11.6 Å². The minimum absolute atomic E-state index is 0.0421. The number of aromatic nitrogens is 5. The third-order valence-electron chi connectivity index (χ3n) is 9.68. The highest BCUT2D eigenvalue weighted by atomic mass is 16.3. The highest BCUT2D eigenvalue weighted by Gasteiger charge is 2.23. The largest absolute Gasteiger partial charge is 0.456 e. The molecule has 0 aliphatic rings. The van der Waals surface area contributed by atoms with Crippen molar-refractivity contribution in [3.8, 4) is 34.4 Å². The van der Waals surface area contributed by atoms with Gasteiger partial charge in [-0.05, 0) is 48.5 Å². The van der Waals surface area contributed by atoms with Gasteiger partial charge in [-0.2, -0.15) is 9.97 Å². The topological polar surface area (TPSA) is 61.7 Å². The van der Waals surface area contributed by atoms with E-state index >= 15 is 0 Å². The molecule has 0 aliphatic heterocycles. The van der Waals surface area contributed by atoms with Crippen LogP contribution in [0.1, 0.15) is 6.85 Å². The van der Waals surface area contributed by atoms with Gasteiger partial charge in [-0.15, -0.1) is 0 Å². The summed E-state index contributed by atoms with van der Waals surface area (Å²) < 4.78 is 53.6. The molecule has 4 aromatic heterocycles. The van der Waals surface area contributed by atoms with Crippen molar-refractivity contribution in [3.05, 3.63) is 164 Å². The molecule has 7 aromatic carbocycles. The fraction of sp³-hybridized carbons (Fsp3) is 0. The predicted molar refractivity (Wildman–Crippen MR) is 207 cm³/mol. The molecule has 0 unspecified atom stereocenters. The number of rotatable bonds is 4. The number of para-hydroxylation sites is 4. The molecule has 11 rings (SSSR count). The summed E-state index contributed by atoms with van der Waals surface area (Å²) in [5, 5.41) is 5.83. The molecule has 0 spiro atoms. The highest BCUT2D eigenvalue weighted by Crippen LogP contribution is 2.42. The summed E-state index contributed by atoms with van der Waals surface area (Å²) >= 11 is 0. The zero-order valence-electron chi connectivity index (χ0n) is 31.8. The first kappa shape index (κ1) is 23.3. The quantitative estimate of drug-likeness (QED) is 0.189. The van der Waals surface area contributed by atoms with Gasteiger partial charge < -0.3 is 8.98 Å². The van der Waals surface area contributed by atoms with Crippen LogP contribution < -0.4 is 0 Å². The Bertz CT molecular complexity index is 3410. The fourth-order valence-corrected chi connectivity index (χ4v) is 7.61. The van der Waals surface area contributed by atoms with Gasteiger partial charge in [0.05, 0.1) is 28.9 Å². The van der Waals surface area contributed by atoms with Crippen molar-refractivity contribution in [1.82, 2.24) is 24.1 Å². The van der Waals surface area contributed by atoms with Crippen LogP contribution in [-0.4, -0.2) is 24.1 Å². The lowest BCUT2D eigenvalue weighted by atomic mass is 10.1. The van der Waals surface area contributed by atoms with E-state index in [4.69, 9.17) is 26.2 Å². The molecular weight excluding hydrogens is 627 g/mol. The van der Waals surface area contributed by atoms with E-state index in [2.05, 4.69) is 59.2 Å². The van der Waals surface area contributed by atoms with Crippen LogP contribution in [-0.2, 0) is 0 Å². The molecule has 11 aromatic rings. The van der Waals surface area contributed by atoms with Gasteiger partial charge in [0.2, 0.25) is 5.95 Å². The van der Waals surface area contributed by atoms with Crippen molar-refractivity contribution < 1.29 is 11.3 Å². The maximum Gasteiger partial charge on any atom is 0.238 e. The normalized spacial score (nSPS) is 13.3. The van der Waals surface area contributed by atoms with E-state index in [1.165, 1.54) is 0 Å². The fourth-order valence-electron chi connectivity index (χ4n) is 7.61. The summed E-state index contributed by atoms with van der Waals surface area (Å²) in [5.74, 6) is 0.458. The van der Waals surface area contributed by atoms with Crippen LogP contribution >= 0.6 is 0 Å². The first-order valence-corrected chi connectivity index (χ1v) is 16.6. The molecular formula is C45H27N5O. The van der Waals surface area contributed by atoms with Gasteiger partial charge in [-0.25, -0.2) is 4.98 Å². The standard InChI is InChI=1S/C45H27N5O/c1-3-14-28(15-4-1)43-46-44(33-21-13-25-39-40(33)32-20-9-12-24-38(32)51-39)48-45(47-43)50-35-23-11-8-19-31(35)42-37(50)27-26-36-41(42)30-18-7-10-22-34(30)49(36)29-16-5-2-6-17-29/h1-27H/i1D,3D,4D,14D,15D. The summed E-state index contributed by atoms with van der Waals surface area (Å²) in [6, 6.07) is 42.2. The molecule has 51 heavy (non-hydrogen) atoms. The second-order valence-corrected chi connectivity index (χ2v) is 12.5. The third kappa shape index (κ3) is 4.07. The van der Waals surface area contributed by atoms with Crippen molar-refractivity contribution in [2.45, 2.75) is 0 Å². The van der Waals surface area contributed by atoms with E-state index in [0.717, 1.165) is 60.1 Å². The summed E-state index contributed by atoms with van der Waals surface area (Å²) in [4.78, 5) is 15.0. The van der Waals surface area contributed by atoms with Crippen molar-refractivity contribution in [3.63, 3.8) is 0 Å². The third-order valence-corrected chi connectivity index (χ3v) is 9.68. The van der Waals surface area contributed by atoms with Gasteiger partial charge in [0.25, 0.3) is 0 Å². The molecule has 0 fully saturated rings. The van der Waals surface area contributed by atoms with Crippen LogP contribution in [0, 0.1) is 0 Å². The molecule has 0 amide bonds. The minimum atomic E-state index is -0.492. The zero-order chi connectivity index (χ0) is 37.8. The lowest BCUT2D eigenvalue weighted by Gasteiger charge is -2.11. The summed E-state index contributed by atoms with van der Waals surface area (Å²) in [6.07, 6.45) is 0. The number of fused-ring (bicyclic) bond motifs is 10. The van der Waals surface area contributed by atoms with Crippen molar-refractivity contribution in [2.24, 2.45) is 0 Å². The Hall–Kier alpha value is -7.05. The Morgan fingerprint density at radius 1 is 0.451 bits per heavy atom. The first-order valence-electron chi connectivity index (χ1n) is 19.1. The molecule has 4 heterocycles. The molecule has 0 aliphatic carbocycles. The van der Waals surface area contributed by atoms with Crippen LogP contribution in [0.25, 0.3) is 100.0 Å². The van der Waals surface area contributed by atoms with E-state index in [1.807, 2.05) is 83.4 Å². The van der Waals surface area contributed by atoms with Gasteiger partial charge in [0, 0.05) is 49.1 Å². The van der Waals surface area contributed by atoms with Gasteiger partial charge in [-0.1, -0.05) is 115 Å². The Labute approximate surface area is 298 Å². The second-order valence-electron chi connectivity index (χ2n) is 12.5. The molecule has 0 bridgehead atoms. The molecule has 0 saturated carbocycles. The Balaban J connectivity index is 1.28. The van der Waals surface area contributed by atoms with Crippen molar-refractivity contribution in [1.29, 1.82) is 0 Å². The zero-order valence-corrected chi connectivity index (χ0v) is 26.8. The molecule has 6 heteroatoms. The SMILES string of the molecule is [2H]c1c([2H])c([2H])c(-c2nc(-c3cccc4oc5ccccc5c34)nc(-n3c4ccccc4c4c5c6ccccc6n(-c6ccccc6)c5ccc43)n2)c([2H])c1[2H]. The van der Waals surface area contributed by atoms with Crippen LogP contribution in [0.3, 0.4) is 0 Å². The van der Waals surface area contributed by atoms with E-state index < -0.39 is 30.2 Å². The smallest absolute Gasteiger partial charge is 0.238 e. The van der Waals surface area contributed by atoms with Crippen LogP contribution in [0.2, 0.25) is 0 Å². The maximum absolute atomic E-state index is 8.91. The number of furan rings is 1. The summed E-state index contributed by atoms with van der Waals surface area (Å²) in [6.45, 7) is 0. The average molecular weight is 659 g/mol. The molecule has 238 valence electrons. The van der Waals surface area contributed by atoms with Gasteiger partial charge in [0.1, 0.15) is 11.2 Å². The van der Waals surface area contributed by atoms with Crippen molar-refractivity contribution in [2.75, 3.05) is 0 Å². The predicted octanol–water partition coefficient (Wildman–Crippen LogP) is 11.3. The first-order chi connectivity index (χ1) is 27.4. The molecule has 0 saturated heterocycles. The van der Waals surface area contributed by atoms with Crippen LogP contribution in [0.5, 0.6) is 0 Å². The Morgan fingerprint density at radius 2 is 1.06 bits per heavy atom. The minimum Gasteiger partial charge on any atom is -0.456 e. The Morgan fingerprint density at radius 3 is 1.82 bits per heavy atom. The van der Waals surface area contributed by atoms with Crippen LogP contribution in [0.15, 0.2) is 168 Å². The number of hydrogen-bond acceptors (Lipinski definition) is 4. The average Bonchev–Trinajstić information content (AvgIpc) is 3.90.